The van der Waals surface area contributed by atoms with Crippen molar-refractivity contribution < 1.29 is 4.79 Å². The minimum Gasteiger partial charge on any atom is -0.347 e. The number of nitrogens with zero attached hydrogens (tertiary/aromatic N) is 4. The Morgan fingerprint density at radius 3 is 2.17 bits per heavy atom. The van der Waals surface area contributed by atoms with Gasteiger partial charge in [-0.2, -0.15) is 0 Å². The van der Waals surface area contributed by atoms with Crippen LogP contribution in [0.2, 0.25) is 0 Å². The van der Waals surface area contributed by atoms with Gasteiger partial charge in [-0.15, -0.1) is 10.2 Å². The van der Waals surface area contributed by atoms with Crippen LogP contribution in [0, 0.1) is 33.6 Å². The summed E-state index contributed by atoms with van der Waals surface area (Å²) >= 11 is 1.61. The van der Waals surface area contributed by atoms with Crippen molar-refractivity contribution in [1.29, 1.82) is 0 Å². The number of hydrogen-bond acceptors (Lipinski definition) is 5. The van der Waals surface area contributed by atoms with Crippen LogP contribution >= 0.6 is 11.3 Å². The lowest BCUT2D eigenvalue weighted by molar-refractivity contribution is -0.120. The third-order valence-electron chi connectivity index (χ3n) is 5.73. The smallest absolute Gasteiger partial charge is 0.227 e. The highest BCUT2D eigenvalue weighted by Gasteiger charge is 2.27. The predicted octanol–water partition coefficient (Wildman–Crippen LogP) is 4.42. The number of rotatable bonds is 4. The molecular weight excluding hydrogens is 382 g/mol. The van der Waals surface area contributed by atoms with Crippen LogP contribution in [0.5, 0.6) is 0 Å². The molecule has 0 spiro atoms. The fourth-order valence-electron chi connectivity index (χ4n) is 3.97. The average Bonchev–Trinajstić information content (AvgIpc) is 3.31. The Labute approximate surface area is 175 Å². The summed E-state index contributed by atoms with van der Waals surface area (Å²) in [5, 5.41) is 13.8. The molecule has 4 rings (SSSR count). The van der Waals surface area contributed by atoms with E-state index in [2.05, 4.69) is 51.0 Å². The first-order valence-corrected chi connectivity index (χ1v) is 10.9. The Kier molecular flexibility index (Phi) is 5.41. The largest absolute Gasteiger partial charge is 0.347 e. The zero-order valence-corrected chi connectivity index (χ0v) is 18.2. The maximum atomic E-state index is 12.8. The van der Waals surface area contributed by atoms with Crippen molar-refractivity contribution in [1.82, 2.24) is 14.8 Å². The van der Waals surface area contributed by atoms with E-state index < -0.39 is 0 Å². The van der Waals surface area contributed by atoms with E-state index in [1.807, 2.05) is 32.0 Å². The second kappa shape index (κ2) is 7.99. The Balaban J connectivity index is 1.39. The van der Waals surface area contributed by atoms with E-state index in [1.165, 1.54) is 0 Å². The van der Waals surface area contributed by atoms with Crippen LogP contribution in [-0.2, 0) is 4.79 Å². The zero-order chi connectivity index (χ0) is 20.5. The molecule has 3 aromatic rings. The SMILES string of the molecule is Cc1cccc(C)c1NC(=O)C1CCN(c2nnc(-n3c(C)ccc3C)s2)CC1. The molecular formula is C22H27N5OS. The topological polar surface area (TPSA) is 63.1 Å². The number of carbonyl (C=O) groups excluding carboxylic acids is 1. The van der Waals surface area contributed by atoms with Crippen molar-refractivity contribution in [2.24, 2.45) is 5.92 Å². The van der Waals surface area contributed by atoms with Gasteiger partial charge in [0.15, 0.2) is 0 Å². The molecule has 0 aliphatic carbocycles. The predicted molar refractivity (Wildman–Crippen MR) is 118 cm³/mol. The lowest BCUT2D eigenvalue weighted by Crippen LogP contribution is -2.38. The van der Waals surface area contributed by atoms with E-state index in [0.29, 0.717) is 0 Å². The summed E-state index contributed by atoms with van der Waals surface area (Å²) in [6.45, 7) is 9.87. The van der Waals surface area contributed by atoms with Gasteiger partial charge in [-0.25, -0.2) is 0 Å². The summed E-state index contributed by atoms with van der Waals surface area (Å²) in [5.41, 5.74) is 5.48. The molecule has 0 atom stereocenters. The normalized spacial score (nSPS) is 15.0. The van der Waals surface area contributed by atoms with Gasteiger partial charge in [0.05, 0.1) is 0 Å². The lowest BCUT2D eigenvalue weighted by Gasteiger charge is -2.30. The maximum Gasteiger partial charge on any atom is 0.227 e. The highest BCUT2D eigenvalue weighted by atomic mass is 32.1. The van der Waals surface area contributed by atoms with Crippen molar-refractivity contribution in [2.75, 3.05) is 23.3 Å². The molecule has 6 nitrogen and oxygen atoms in total. The minimum atomic E-state index is 0.0339. The van der Waals surface area contributed by atoms with Gasteiger partial charge in [-0.1, -0.05) is 29.5 Å². The summed E-state index contributed by atoms with van der Waals surface area (Å²) in [6.07, 6.45) is 1.65. The van der Waals surface area contributed by atoms with Crippen molar-refractivity contribution in [3.05, 3.63) is 52.8 Å². The molecule has 152 valence electrons. The summed E-state index contributed by atoms with van der Waals surface area (Å²) in [5.74, 6) is 0.158. The zero-order valence-electron chi connectivity index (χ0n) is 17.4. The number of anilines is 2. The number of benzene rings is 1. The van der Waals surface area contributed by atoms with Crippen molar-refractivity contribution in [3.8, 4) is 5.13 Å². The van der Waals surface area contributed by atoms with Gasteiger partial charge < -0.3 is 10.2 Å². The van der Waals surface area contributed by atoms with Crippen LogP contribution < -0.4 is 10.2 Å². The molecule has 2 aromatic heterocycles. The molecule has 7 heteroatoms. The first-order chi connectivity index (χ1) is 13.9. The fraction of sp³-hybridized carbons (Fsp3) is 0.409. The Bertz CT molecular complexity index is 990. The molecule has 1 aromatic carbocycles. The summed E-state index contributed by atoms with van der Waals surface area (Å²) < 4.78 is 2.13. The maximum absolute atomic E-state index is 12.8. The van der Waals surface area contributed by atoms with Gasteiger partial charge in [-0.05, 0) is 63.8 Å². The molecule has 1 amide bonds. The molecule has 1 N–H and O–H groups in total. The van der Waals surface area contributed by atoms with Crippen LogP contribution in [-0.4, -0.2) is 33.8 Å². The summed E-state index contributed by atoms with van der Waals surface area (Å²) in [4.78, 5) is 15.0. The first-order valence-electron chi connectivity index (χ1n) is 10.0. The molecule has 1 saturated heterocycles. The number of nitrogens with one attached hydrogen (secondary N) is 1. The molecule has 3 heterocycles. The highest BCUT2D eigenvalue weighted by Crippen LogP contribution is 2.30. The second-order valence-electron chi connectivity index (χ2n) is 7.84. The number of piperidine rings is 1. The van der Waals surface area contributed by atoms with Crippen LogP contribution in [0.4, 0.5) is 10.8 Å². The first kappa shape index (κ1) is 19.6. The second-order valence-corrected chi connectivity index (χ2v) is 8.77. The van der Waals surface area contributed by atoms with Gasteiger partial charge in [0.2, 0.25) is 16.2 Å². The van der Waals surface area contributed by atoms with E-state index in [9.17, 15) is 4.79 Å². The minimum absolute atomic E-state index is 0.0339. The number of hydrogen-bond donors (Lipinski definition) is 1. The Hall–Kier alpha value is -2.67. The molecule has 29 heavy (non-hydrogen) atoms. The van der Waals surface area contributed by atoms with Crippen LogP contribution in [0.25, 0.3) is 5.13 Å². The molecule has 0 unspecified atom stereocenters. The number of para-hydroxylation sites is 1. The molecule has 1 fully saturated rings. The molecule has 0 radical (unpaired) electrons. The van der Waals surface area contributed by atoms with Gasteiger partial charge in [0.25, 0.3) is 0 Å². The quantitative estimate of drug-likeness (QED) is 0.693. The third-order valence-corrected chi connectivity index (χ3v) is 6.70. The Morgan fingerprint density at radius 2 is 1.55 bits per heavy atom. The Morgan fingerprint density at radius 1 is 0.966 bits per heavy atom. The van der Waals surface area contributed by atoms with E-state index in [0.717, 1.165) is 64.4 Å². The van der Waals surface area contributed by atoms with Crippen LogP contribution in [0.3, 0.4) is 0 Å². The highest BCUT2D eigenvalue weighted by molar-refractivity contribution is 7.17. The number of carbonyl (C=O) groups is 1. The molecule has 0 saturated carbocycles. The monoisotopic (exact) mass is 409 g/mol. The van der Waals surface area contributed by atoms with E-state index in [4.69, 9.17) is 0 Å². The number of aromatic nitrogens is 3. The lowest BCUT2D eigenvalue weighted by atomic mass is 9.95. The van der Waals surface area contributed by atoms with Gasteiger partial charge >= 0.3 is 0 Å². The van der Waals surface area contributed by atoms with E-state index in [-0.39, 0.29) is 11.8 Å². The van der Waals surface area contributed by atoms with Gasteiger partial charge in [0.1, 0.15) is 0 Å². The average molecular weight is 410 g/mol. The third kappa shape index (κ3) is 3.92. The van der Waals surface area contributed by atoms with Crippen LogP contribution in [0.1, 0.15) is 35.4 Å². The van der Waals surface area contributed by atoms with Crippen LogP contribution in [0.15, 0.2) is 30.3 Å². The van der Waals surface area contributed by atoms with Crippen molar-refractivity contribution in [3.63, 3.8) is 0 Å². The number of amides is 1. The van der Waals surface area contributed by atoms with E-state index in [1.54, 1.807) is 11.3 Å². The summed E-state index contributed by atoms with van der Waals surface area (Å²) in [7, 11) is 0. The molecule has 0 bridgehead atoms. The molecule has 1 aliphatic heterocycles. The molecule has 1 aliphatic rings. The fourth-order valence-corrected chi connectivity index (χ4v) is 4.98. The van der Waals surface area contributed by atoms with E-state index >= 15 is 0 Å². The van der Waals surface area contributed by atoms with Gasteiger partial charge in [-0.3, -0.25) is 9.36 Å². The van der Waals surface area contributed by atoms with Crippen molar-refractivity contribution >= 4 is 28.1 Å². The van der Waals surface area contributed by atoms with Crippen molar-refractivity contribution in [2.45, 2.75) is 40.5 Å². The number of aryl methyl sites for hydroxylation is 4. The standard InChI is InChI=1S/C22H27N5OS/c1-14-6-5-7-15(2)19(14)23-20(28)18-10-12-26(13-11-18)21-24-25-22(29-21)27-16(3)8-9-17(27)4/h5-9,18H,10-13H2,1-4H3,(H,23,28). The summed E-state index contributed by atoms with van der Waals surface area (Å²) in [6, 6.07) is 10.3. The van der Waals surface area contributed by atoms with Gasteiger partial charge in [0, 0.05) is 36.1 Å².